The van der Waals surface area contributed by atoms with Crippen LogP contribution < -0.4 is 0 Å². The molecule has 0 aliphatic heterocycles. The number of aryl methyl sites for hydroxylation is 1. The van der Waals surface area contributed by atoms with Crippen molar-refractivity contribution in [3.05, 3.63) is 59.7 Å². The Hall–Kier alpha value is -2.12. The number of hydrogen-bond donors (Lipinski definition) is 3. The number of benzene rings is 1. The molecule has 2 rings (SSSR count). The van der Waals surface area contributed by atoms with Gasteiger partial charge in [-0.15, -0.1) is 6.58 Å². The Bertz CT molecular complexity index is 707. The Morgan fingerprint density at radius 3 is 2.00 bits per heavy atom. The first kappa shape index (κ1) is 38.0. The highest BCUT2D eigenvalue weighted by molar-refractivity contribution is 5.72. The lowest BCUT2D eigenvalue weighted by Gasteiger charge is -2.28. The summed E-state index contributed by atoms with van der Waals surface area (Å²) < 4.78 is 4.41. The third-order valence-electron chi connectivity index (χ3n) is 6.84. The molecule has 0 radical (unpaired) electrons. The van der Waals surface area contributed by atoms with Crippen LogP contribution >= 0.6 is 0 Å². The zero-order valence-electron chi connectivity index (χ0n) is 24.2. The number of ether oxygens (including phenoxy) is 1. The second-order valence-corrected chi connectivity index (χ2v) is 9.96. The largest absolute Gasteiger partial charge is 0.400 e. The average Bonchev–Trinajstić information content (AvgIpc) is 2.97. The molecule has 1 saturated carbocycles. The Labute approximate surface area is 231 Å². The highest BCUT2D eigenvalue weighted by Crippen LogP contribution is 2.34. The molecular formula is C32H54O6. The molecule has 0 saturated heterocycles. The van der Waals surface area contributed by atoms with Crippen molar-refractivity contribution in [1.82, 2.24) is 0 Å². The van der Waals surface area contributed by atoms with Crippen LogP contribution in [0.25, 0.3) is 0 Å². The minimum atomic E-state index is -0.368. The first-order valence-corrected chi connectivity index (χ1v) is 13.8. The van der Waals surface area contributed by atoms with Gasteiger partial charge >= 0.3 is 0 Å². The zero-order valence-corrected chi connectivity index (χ0v) is 24.2. The summed E-state index contributed by atoms with van der Waals surface area (Å²) in [5.74, 6) is 2.15. The predicted molar refractivity (Wildman–Crippen MR) is 157 cm³/mol. The van der Waals surface area contributed by atoms with Gasteiger partial charge in [0.2, 0.25) is 0 Å². The maximum atomic E-state index is 9.75. The molecule has 6 nitrogen and oxygen atoms in total. The molecule has 1 unspecified atom stereocenters. The van der Waals surface area contributed by atoms with E-state index in [1.54, 1.807) is 0 Å². The van der Waals surface area contributed by atoms with Crippen molar-refractivity contribution in [1.29, 1.82) is 0 Å². The van der Waals surface area contributed by atoms with Gasteiger partial charge in [-0.1, -0.05) is 94.7 Å². The highest BCUT2D eigenvalue weighted by Gasteiger charge is 2.20. The number of aldehydes is 1. The maximum Gasteiger partial charge on any atom is 0.147 e. The topological polar surface area (TPSA) is 104 Å². The molecule has 0 aromatic heterocycles. The van der Waals surface area contributed by atoms with E-state index in [9.17, 15) is 9.90 Å². The summed E-state index contributed by atoms with van der Waals surface area (Å²) in [5.41, 5.74) is 4.16. The quantitative estimate of drug-likeness (QED) is 0.0816. The zero-order chi connectivity index (χ0) is 29.2. The summed E-state index contributed by atoms with van der Waals surface area (Å²) in [6.07, 6.45) is 15.5. The minimum absolute atomic E-state index is 0.111. The summed E-state index contributed by atoms with van der Waals surface area (Å²) in [7, 11) is 1.00. The molecule has 3 N–H and O–H groups in total. The van der Waals surface area contributed by atoms with Gasteiger partial charge in [0.25, 0.3) is 0 Å². The number of unbranched alkanes of at least 4 members (excludes halogenated alkanes) is 2. The van der Waals surface area contributed by atoms with Crippen molar-refractivity contribution in [3.8, 4) is 0 Å². The van der Waals surface area contributed by atoms with E-state index in [1.165, 1.54) is 75.3 Å². The summed E-state index contributed by atoms with van der Waals surface area (Å²) in [6.45, 7) is 13.6. The van der Waals surface area contributed by atoms with Gasteiger partial charge in [0, 0.05) is 18.6 Å². The van der Waals surface area contributed by atoms with Crippen molar-refractivity contribution in [3.63, 3.8) is 0 Å². The molecule has 218 valence electrons. The number of rotatable bonds is 15. The van der Waals surface area contributed by atoms with Gasteiger partial charge < -0.3 is 24.9 Å². The van der Waals surface area contributed by atoms with Gasteiger partial charge in [0.05, 0.1) is 13.2 Å². The van der Waals surface area contributed by atoms with Crippen LogP contribution in [0.2, 0.25) is 0 Å². The fourth-order valence-electron chi connectivity index (χ4n) is 4.74. The maximum absolute atomic E-state index is 9.75. The number of carbonyl (C=O) groups is 2. The van der Waals surface area contributed by atoms with Crippen LogP contribution in [-0.2, 0) is 20.7 Å². The van der Waals surface area contributed by atoms with Gasteiger partial charge in [0.1, 0.15) is 19.9 Å². The SMILES string of the molecule is C=C(C)CC(CO)c1ccc(CCC2CCC(CCCCC)CC2)cc1.C=C(C=O)COCO.C=O.CO. The van der Waals surface area contributed by atoms with E-state index in [-0.39, 0.29) is 25.9 Å². The fraction of sp³-hybridized carbons (Fsp3) is 0.625. The van der Waals surface area contributed by atoms with Crippen molar-refractivity contribution >= 4 is 13.1 Å². The molecule has 6 heteroatoms. The second kappa shape index (κ2) is 26.5. The van der Waals surface area contributed by atoms with Gasteiger partial charge in [-0.05, 0) is 49.1 Å². The van der Waals surface area contributed by atoms with E-state index in [4.69, 9.17) is 15.0 Å². The van der Waals surface area contributed by atoms with E-state index in [0.717, 1.165) is 30.9 Å². The smallest absolute Gasteiger partial charge is 0.147 e. The molecule has 1 aliphatic rings. The Kier molecular flexibility index (Phi) is 26.5. The molecule has 1 aromatic rings. The van der Waals surface area contributed by atoms with Crippen molar-refractivity contribution < 1.29 is 29.6 Å². The van der Waals surface area contributed by atoms with E-state index < -0.39 is 0 Å². The van der Waals surface area contributed by atoms with Crippen molar-refractivity contribution in [2.45, 2.75) is 90.4 Å². The molecule has 1 aliphatic carbocycles. The number of hydrogen-bond acceptors (Lipinski definition) is 6. The lowest BCUT2D eigenvalue weighted by molar-refractivity contribution is -0.105. The average molecular weight is 535 g/mol. The number of aliphatic hydroxyl groups is 3. The molecule has 0 spiro atoms. The van der Waals surface area contributed by atoms with Gasteiger partial charge in [-0.25, -0.2) is 0 Å². The number of allylic oxidation sites excluding steroid dienone is 1. The normalized spacial score (nSPS) is 16.8. The van der Waals surface area contributed by atoms with Gasteiger partial charge in [-0.3, -0.25) is 4.79 Å². The highest BCUT2D eigenvalue weighted by atomic mass is 16.6. The predicted octanol–water partition coefficient (Wildman–Crippen LogP) is 6.18. The van der Waals surface area contributed by atoms with Crippen LogP contribution in [0.4, 0.5) is 0 Å². The van der Waals surface area contributed by atoms with E-state index >= 15 is 0 Å². The third-order valence-corrected chi connectivity index (χ3v) is 6.84. The Morgan fingerprint density at radius 2 is 1.55 bits per heavy atom. The lowest BCUT2D eigenvalue weighted by atomic mass is 9.77. The summed E-state index contributed by atoms with van der Waals surface area (Å²) in [4.78, 5) is 17.7. The Morgan fingerprint density at radius 1 is 1.00 bits per heavy atom. The molecule has 1 fully saturated rings. The summed E-state index contributed by atoms with van der Waals surface area (Å²) >= 11 is 0. The molecular weight excluding hydrogens is 480 g/mol. The second-order valence-electron chi connectivity index (χ2n) is 9.96. The first-order chi connectivity index (χ1) is 18.4. The lowest BCUT2D eigenvalue weighted by Crippen LogP contribution is -2.15. The number of aliphatic hydroxyl groups excluding tert-OH is 3. The minimum Gasteiger partial charge on any atom is -0.400 e. The molecule has 1 atom stereocenters. The van der Waals surface area contributed by atoms with Crippen molar-refractivity contribution in [2.24, 2.45) is 11.8 Å². The summed E-state index contributed by atoms with van der Waals surface area (Å²) in [6, 6.07) is 8.97. The molecule has 0 bridgehead atoms. The molecule has 0 amide bonds. The first-order valence-electron chi connectivity index (χ1n) is 13.8. The van der Waals surface area contributed by atoms with Crippen LogP contribution in [0, 0.1) is 11.8 Å². The van der Waals surface area contributed by atoms with Crippen LogP contribution in [0.1, 0.15) is 95.1 Å². The molecule has 1 aromatic carbocycles. The Balaban J connectivity index is 0. The summed E-state index contributed by atoms with van der Waals surface area (Å²) in [5, 5.41) is 24.7. The van der Waals surface area contributed by atoms with E-state index in [1.807, 2.05) is 13.7 Å². The van der Waals surface area contributed by atoms with E-state index in [0.29, 0.717) is 11.9 Å². The fourth-order valence-corrected chi connectivity index (χ4v) is 4.74. The number of carbonyl (C=O) groups excluding carboxylic acids is 2. The van der Waals surface area contributed by atoms with Crippen LogP contribution in [0.15, 0.2) is 48.6 Å². The van der Waals surface area contributed by atoms with Gasteiger partial charge in [0.15, 0.2) is 0 Å². The van der Waals surface area contributed by atoms with Crippen LogP contribution in [0.5, 0.6) is 0 Å². The molecule has 0 heterocycles. The van der Waals surface area contributed by atoms with Crippen LogP contribution in [0.3, 0.4) is 0 Å². The third kappa shape index (κ3) is 19.0. The monoisotopic (exact) mass is 534 g/mol. The standard InChI is InChI=1S/C25H40O.C5H8O3.CH4O.CH2O/c1-4-5-6-7-21-8-10-22(11-9-21)12-13-23-14-16-24(17-15-23)25(19-26)18-20(2)3;1-5(2-6)3-8-4-7;2*1-2/h14-17,21-22,25-26H,2,4-13,18-19H2,1,3H3;2,7H,1,3-4H2;2H,1H3;1H2. The van der Waals surface area contributed by atoms with Gasteiger partial charge in [-0.2, -0.15) is 0 Å². The van der Waals surface area contributed by atoms with E-state index in [2.05, 4.69) is 49.1 Å². The molecule has 38 heavy (non-hydrogen) atoms. The van der Waals surface area contributed by atoms with Crippen LogP contribution in [-0.4, -0.2) is 55.5 Å². The van der Waals surface area contributed by atoms with Crippen molar-refractivity contribution in [2.75, 3.05) is 27.1 Å².